The van der Waals surface area contributed by atoms with Gasteiger partial charge in [-0.05, 0) is 37.2 Å². The zero-order chi connectivity index (χ0) is 18.9. The van der Waals surface area contributed by atoms with E-state index in [-0.39, 0.29) is 11.4 Å². The maximum Gasteiger partial charge on any atom is 0.267 e. The van der Waals surface area contributed by atoms with Crippen molar-refractivity contribution in [1.29, 1.82) is 0 Å². The minimum Gasteiger partial charge on any atom is -0.367 e. The van der Waals surface area contributed by atoms with E-state index in [1.54, 1.807) is 22.0 Å². The molecule has 0 fully saturated rings. The highest BCUT2D eigenvalue weighted by Gasteiger charge is 2.27. The molecule has 1 aromatic carbocycles. The molecule has 0 N–H and O–H groups in total. The Morgan fingerprint density at radius 2 is 2.07 bits per heavy atom. The third-order valence-electron chi connectivity index (χ3n) is 5.48. The van der Waals surface area contributed by atoms with Gasteiger partial charge in [-0.3, -0.25) is 9.36 Å². The van der Waals surface area contributed by atoms with E-state index in [9.17, 15) is 9.18 Å². The van der Waals surface area contributed by atoms with Gasteiger partial charge in [0.25, 0.3) is 5.56 Å². The summed E-state index contributed by atoms with van der Waals surface area (Å²) in [5, 5.41) is 0.720. The largest absolute Gasteiger partial charge is 0.367 e. The van der Waals surface area contributed by atoms with Gasteiger partial charge in [-0.2, -0.15) is 0 Å². The summed E-state index contributed by atoms with van der Waals surface area (Å²) in [4.78, 5) is 24.6. The molecule has 0 atom stereocenters. The lowest BCUT2D eigenvalue weighted by molar-refractivity contribution is 0.318. The van der Waals surface area contributed by atoms with E-state index in [2.05, 4.69) is 18.5 Å². The van der Waals surface area contributed by atoms with Crippen LogP contribution in [0.3, 0.4) is 0 Å². The van der Waals surface area contributed by atoms with Crippen molar-refractivity contribution < 1.29 is 4.39 Å². The zero-order valence-corrected chi connectivity index (χ0v) is 16.1. The van der Waals surface area contributed by atoms with Gasteiger partial charge in [-0.25, -0.2) is 9.37 Å². The number of halogens is 1. The van der Waals surface area contributed by atoms with E-state index in [1.807, 2.05) is 11.9 Å². The topological polar surface area (TPSA) is 41.4 Å². The smallest absolute Gasteiger partial charge is 0.267 e. The number of aromatic nitrogens is 2. The van der Waals surface area contributed by atoms with Crippen LogP contribution in [-0.2, 0) is 19.5 Å². The van der Waals surface area contributed by atoms with Crippen LogP contribution in [-0.4, -0.2) is 40.0 Å². The van der Waals surface area contributed by atoms with Crippen LogP contribution in [0.5, 0.6) is 0 Å². The number of hydrogen-bond donors (Lipinski definition) is 0. The summed E-state index contributed by atoms with van der Waals surface area (Å²) in [7, 11) is 3.98. The number of hydrogen-bond acceptors (Lipinski definition) is 5. The number of thiophene rings is 1. The Balaban J connectivity index is 1.87. The van der Waals surface area contributed by atoms with Gasteiger partial charge in [0, 0.05) is 36.3 Å². The quantitative estimate of drug-likeness (QED) is 0.599. The summed E-state index contributed by atoms with van der Waals surface area (Å²) in [5.74, 6) is 0.318. The predicted octanol–water partition coefficient (Wildman–Crippen LogP) is 2.99. The molecule has 0 saturated carbocycles. The number of fused-ring (bicyclic) bond motifs is 6. The fourth-order valence-electron chi connectivity index (χ4n) is 4.01. The van der Waals surface area contributed by atoms with Crippen molar-refractivity contribution >= 4 is 27.3 Å². The third-order valence-corrected chi connectivity index (χ3v) is 6.60. The molecule has 5 rings (SSSR count). The summed E-state index contributed by atoms with van der Waals surface area (Å²) in [6, 6.07) is 4.48. The minimum absolute atomic E-state index is 0.0620. The van der Waals surface area contributed by atoms with E-state index < -0.39 is 0 Å². The first-order valence-corrected chi connectivity index (χ1v) is 9.70. The molecule has 2 aliphatic heterocycles. The number of nitrogens with zero attached hydrogens (tertiary/aromatic N) is 4. The second-order valence-electron chi connectivity index (χ2n) is 7.30. The highest BCUT2D eigenvalue weighted by Crippen LogP contribution is 2.35. The Labute approximate surface area is 160 Å². The van der Waals surface area contributed by atoms with E-state index in [4.69, 9.17) is 4.98 Å². The molecule has 3 aromatic rings. The van der Waals surface area contributed by atoms with Gasteiger partial charge in [0.1, 0.15) is 16.5 Å². The molecule has 0 bridgehead atoms. The van der Waals surface area contributed by atoms with Gasteiger partial charge in [-0.1, -0.05) is 6.58 Å². The van der Waals surface area contributed by atoms with Gasteiger partial charge < -0.3 is 9.80 Å². The molecule has 0 saturated heterocycles. The van der Waals surface area contributed by atoms with Gasteiger partial charge in [0.05, 0.1) is 17.6 Å². The molecule has 2 aliphatic rings. The van der Waals surface area contributed by atoms with Crippen LogP contribution >= 0.6 is 11.3 Å². The van der Waals surface area contributed by atoms with E-state index >= 15 is 0 Å². The molecular weight excluding hydrogens is 363 g/mol. The average molecular weight is 382 g/mol. The van der Waals surface area contributed by atoms with Crippen molar-refractivity contribution in [3.8, 4) is 5.69 Å². The van der Waals surface area contributed by atoms with E-state index in [0.717, 1.165) is 35.3 Å². The molecule has 5 nitrogen and oxygen atoms in total. The van der Waals surface area contributed by atoms with Gasteiger partial charge >= 0.3 is 0 Å². The molecule has 7 heteroatoms. The highest BCUT2D eigenvalue weighted by molar-refractivity contribution is 7.18. The lowest BCUT2D eigenvalue weighted by Gasteiger charge is -2.21. The van der Waals surface area contributed by atoms with Crippen LogP contribution in [0.15, 0.2) is 29.6 Å². The van der Waals surface area contributed by atoms with Crippen molar-refractivity contribution in [3.63, 3.8) is 0 Å². The average Bonchev–Trinajstić information content (AvgIpc) is 2.94. The molecule has 0 aliphatic carbocycles. The van der Waals surface area contributed by atoms with Crippen LogP contribution in [0, 0.1) is 5.82 Å². The van der Waals surface area contributed by atoms with Gasteiger partial charge in [0.2, 0.25) is 0 Å². The molecule has 4 heterocycles. The Kier molecular flexibility index (Phi) is 3.54. The second-order valence-corrected chi connectivity index (χ2v) is 8.39. The van der Waals surface area contributed by atoms with Crippen LogP contribution in [0.1, 0.15) is 21.8 Å². The lowest BCUT2D eigenvalue weighted by atomic mass is 10.1. The first-order chi connectivity index (χ1) is 12.9. The fraction of sp³-hybridized carbons (Fsp3) is 0.300. The Morgan fingerprint density at radius 3 is 2.89 bits per heavy atom. The standard InChI is InChI=1S/C20H19FN4OS/c1-11-14-8-12(21)4-5-15(14)25-17(10-24(11)3)22-19-18(20(25)26)13-6-7-23(2)9-16(13)27-19/h4-5,8H,1,6-7,9-10H2,2-3H3. The molecule has 27 heavy (non-hydrogen) atoms. The molecule has 2 aromatic heterocycles. The first kappa shape index (κ1) is 16.6. The summed E-state index contributed by atoms with van der Waals surface area (Å²) in [6.45, 7) is 6.33. The zero-order valence-electron chi connectivity index (χ0n) is 15.3. The van der Waals surface area contributed by atoms with E-state index in [0.29, 0.717) is 29.3 Å². The lowest BCUT2D eigenvalue weighted by Crippen LogP contribution is -2.28. The molecule has 0 amide bonds. The first-order valence-electron chi connectivity index (χ1n) is 8.89. The summed E-state index contributed by atoms with van der Waals surface area (Å²) < 4.78 is 15.6. The monoisotopic (exact) mass is 382 g/mol. The summed E-state index contributed by atoms with van der Waals surface area (Å²) in [6.07, 6.45) is 0.852. The Bertz CT molecular complexity index is 1180. The summed E-state index contributed by atoms with van der Waals surface area (Å²) >= 11 is 1.62. The van der Waals surface area contributed by atoms with E-state index in [1.165, 1.54) is 17.0 Å². The SMILES string of the molecule is C=C1c2cc(F)ccc2-n2c(nc3sc4c(c3c2=O)CCN(C)C4)CN1C. The second kappa shape index (κ2) is 5.74. The maximum atomic E-state index is 13.9. The Hall–Kier alpha value is -2.51. The van der Waals surface area contributed by atoms with Gasteiger partial charge in [-0.15, -0.1) is 11.3 Å². The third kappa shape index (κ3) is 2.38. The molecular formula is C20H19FN4OS. The van der Waals surface area contributed by atoms with Crippen LogP contribution < -0.4 is 5.56 Å². The minimum atomic E-state index is -0.343. The number of rotatable bonds is 0. The van der Waals surface area contributed by atoms with Crippen molar-refractivity contribution in [2.24, 2.45) is 0 Å². The van der Waals surface area contributed by atoms with Crippen molar-refractivity contribution in [1.82, 2.24) is 19.4 Å². The highest BCUT2D eigenvalue weighted by atomic mass is 32.1. The predicted molar refractivity (Wildman–Crippen MR) is 106 cm³/mol. The van der Waals surface area contributed by atoms with Crippen LogP contribution in [0.2, 0.25) is 0 Å². The van der Waals surface area contributed by atoms with Crippen molar-refractivity contribution in [2.45, 2.75) is 19.5 Å². The van der Waals surface area contributed by atoms with Crippen LogP contribution in [0.25, 0.3) is 21.6 Å². The van der Waals surface area contributed by atoms with Gasteiger partial charge in [0.15, 0.2) is 0 Å². The molecule has 0 unspecified atom stereocenters. The molecule has 138 valence electrons. The normalized spacial score (nSPS) is 16.9. The number of likely N-dealkylation sites (N-methyl/N-ethyl adjacent to an activating group) is 1. The van der Waals surface area contributed by atoms with Crippen molar-refractivity contribution in [3.05, 3.63) is 62.8 Å². The summed E-state index contributed by atoms with van der Waals surface area (Å²) in [5.41, 5.74) is 3.02. The number of benzene rings is 1. The fourth-order valence-corrected chi connectivity index (χ4v) is 5.32. The Morgan fingerprint density at radius 1 is 1.26 bits per heavy atom. The molecule has 0 radical (unpaired) electrons. The van der Waals surface area contributed by atoms with Crippen molar-refractivity contribution in [2.75, 3.05) is 20.6 Å². The maximum absolute atomic E-state index is 13.9. The van der Waals surface area contributed by atoms with Crippen LogP contribution in [0.4, 0.5) is 4.39 Å². The molecule has 0 spiro atoms.